The van der Waals surface area contributed by atoms with E-state index in [4.69, 9.17) is 5.41 Å². The maximum atomic E-state index is 8.19. The Labute approximate surface area is 110 Å². The standard InChI is InChI=1S/C15H23N3/c1-4-12(2)17(3)9-10-18-11-13-7-5-6-8-14(13)15(18)16/h5-8,12,16H,4,9-11H2,1-3H3. The summed E-state index contributed by atoms with van der Waals surface area (Å²) in [6.45, 7) is 7.32. The predicted octanol–water partition coefficient (Wildman–Crippen LogP) is 2.56. The molecule has 1 N–H and O–H groups in total. The molecular weight excluding hydrogens is 222 g/mol. The Morgan fingerprint density at radius 2 is 2.11 bits per heavy atom. The third kappa shape index (κ3) is 2.56. The quantitative estimate of drug-likeness (QED) is 0.864. The highest BCUT2D eigenvalue weighted by atomic mass is 15.2. The summed E-state index contributed by atoms with van der Waals surface area (Å²) in [4.78, 5) is 4.54. The van der Waals surface area contributed by atoms with Gasteiger partial charge in [-0.1, -0.05) is 31.2 Å². The average Bonchev–Trinajstić information content (AvgIpc) is 2.72. The SMILES string of the molecule is CCC(C)N(C)CCN1Cc2ccccc2C1=N. The van der Waals surface area contributed by atoms with Crippen LogP contribution in [0, 0.1) is 5.41 Å². The molecular formula is C15H23N3. The highest BCUT2D eigenvalue weighted by Crippen LogP contribution is 2.21. The Morgan fingerprint density at radius 3 is 2.78 bits per heavy atom. The summed E-state index contributed by atoms with van der Waals surface area (Å²) in [6, 6.07) is 8.87. The summed E-state index contributed by atoms with van der Waals surface area (Å²) in [5.74, 6) is 0.683. The zero-order chi connectivity index (χ0) is 13.1. The zero-order valence-corrected chi connectivity index (χ0v) is 11.6. The third-order valence-electron chi connectivity index (χ3n) is 4.02. The molecule has 1 atom stereocenters. The maximum Gasteiger partial charge on any atom is 0.128 e. The Morgan fingerprint density at radius 1 is 1.39 bits per heavy atom. The molecule has 98 valence electrons. The van der Waals surface area contributed by atoms with Crippen LogP contribution < -0.4 is 0 Å². The molecule has 0 fully saturated rings. The van der Waals surface area contributed by atoms with Crippen LogP contribution in [0.25, 0.3) is 0 Å². The van der Waals surface area contributed by atoms with Crippen molar-refractivity contribution >= 4 is 5.84 Å². The lowest BCUT2D eigenvalue weighted by Gasteiger charge is -2.27. The lowest BCUT2D eigenvalue weighted by Crippen LogP contribution is -2.37. The molecule has 1 aromatic carbocycles. The minimum atomic E-state index is 0.615. The number of benzene rings is 1. The number of rotatable bonds is 5. The van der Waals surface area contributed by atoms with Gasteiger partial charge in [0.1, 0.15) is 5.84 Å². The molecule has 1 heterocycles. The largest absolute Gasteiger partial charge is 0.351 e. The summed E-state index contributed by atoms with van der Waals surface area (Å²) in [6.07, 6.45) is 1.17. The number of likely N-dealkylation sites (N-methyl/N-ethyl adjacent to an activating group) is 1. The fourth-order valence-electron chi connectivity index (χ4n) is 2.35. The van der Waals surface area contributed by atoms with Crippen molar-refractivity contribution in [2.75, 3.05) is 20.1 Å². The first-order valence-electron chi connectivity index (χ1n) is 6.75. The molecule has 0 bridgehead atoms. The van der Waals surface area contributed by atoms with E-state index < -0.39 is 0 Å². The van der Waals surface area contributed by atoms with Crippen molar-refractivity contribution < 1.29 is 0 Å². The topological polar surface area (TPSA) is 30.3 Å². The van der Waals surface area contributed by atoms with Gasteiger partial charge in [-0.25, -0.2) is 0 Å². The Kier molecular flexibility index (Phi) is 4.02. The van der Waals surface area contributed by atoms with Gasteiger partial charge in [0.05, 0.1) is 0 Å². The molecule has 1 unspecified atom stereocenters. The number of hydrogen-bond donors (Lipinski definition) is 1. The molecule has 1 aliphatic rings. The van der Waals surface area contributed by atoms with Gasteiger partial charge in [0.2, 0.25) is 0 Å². The minimum Gasteiger partial charge on any atom is -0.351 e. The van der Waals surface area contributed by atoms with Gasteiger partial charge in [-0.15, -0.1) is 0 Å². The van der Waals surface area contributed by atoms with Crippen molar-refractivity contribution in [2.24, 2.45) is 0 Å². The molecule has 0 saturated carbocycles. The average molecular weight is 245 g/mol. The van der Waals surface area contributed by atoms with Crippen LogP contribution in [0.3, 0.4) is 0 Å². The van der Waals surface area contributed by atoms with E-state index in [2.05, 4.69) is 48.9 Å². The zero-order valence-electron chi connectivity index (χ0n) is 11.6. The van der Waals surface area contributed by atoms with Crippen molar-refractivity contribution in [1.82, 2.24) is 9.80 Å². The highest BCUT2D eigenvalue weighted by Gasteiger charge is 2.23. The first-order chi connectivity index (χ1) is 8.63. The van der Waals surface area contributed by atoms with E-state index >= 15 is 0 Å². The van der Waals surface area contributed by atoms with Crippen LogP contribution in [0.5, 0.6) is 0 Å². The van der Waals surface area contributed by atoms with Crippen molar-refractivity contribution in [3.63, 3.8) is 0 Å². The van der Waals surface area contributed by atoms with E-state index in [0.29, 0.717) is 11.9 Å². The number of nitrogens with one attached hydrogen (secondary N) is 1. The van der Waals surface area contributed by atoms with Crippen molar-refractivity contribution in [2.45, 2.75) is 32.9 Å². The molecule has 1 aromatic rings. The van der Waals surface area contributed by atoms with Crippen LogP contribution >= 0.6 is 0 Å². The van der Waals surface area contributed by atoms with Gasteiger partial charge in [-0.2, -0.15) is 0 Å². The first kappa shape index (κ1) is 13.1. The van der Waals surface area contributed by atoms with Gasteiger partial charge in [0.25, 0.3) is 0 Å². The molecule has 0 amide bonds. The normalized spacial score (nSPS) is 16.2. The third-order valence-corrected chi connectivity index (χ3v) is 4.02. The summed E-state index contributed by atoms with van der Waals surface area (Å²) < 4.78 is 0. The first-order valence-corrected chi connectivity index (χ1v) is 6.75. The number of hydrogen-bond acceptors (Lipinski definition) is 2. The van der Waals surface area contributed by atoms with Crippen LogP contribution in [0.4, 0.5) is 0 Å². The Balaban J connectivity index is 1.92. The van der Waals surface area contributed by atoms with Gasteiger partial charge in [-0.05, 0) is 26.0 Å². The van der Waals surface area contributed by atoms with E-state index in [1.165, 1.54) is 12.0 Å². The number of fused-ring (bicyclic) bond motifs is 1. The predicted molar refractivity (Wildman–Crippen MR) is 76.1 cm³/mol. The van der Waals surface area contributed by atoms with Gasteiger partial charge in [0.15, 0.2) is 0 Å². The van der Waals surface area contributed by atoms with Crippen LogP contribution in [0.1, 0.15) is 31.4 Å². The van der Waals surface area contributed by atoms with Crippen LogP contribution in [-0.2, 0) is 6.54 Å². The molecule has 3 nitrogen and oxygen atoms in total. The van der Waals surface area contributed by atoms with Gasteiger partial charge in [-0.3, -0.25) is 5.41 Å². The fourth-order valence-corrected chi connectivity index (χ4v) is 2.35. The second kappa shape index (κ2) is 5.53. The van der Waals surface area contributed by atoms with E-state index in [9.17, 15) is 0 Å². The Bertz CT molecular complexity index is 428. The number of nitrogens with zero attached hydrogens (tertiary/aromatic N) is 2. The lowest BCUT2D eigenvalue weighted by molar-refractivity contribution is 0.229. The summed E-state index contributed by atoms with van der Waals surface area (Å²) in [7, 11) is 2.17. The fraction of sp³-hybridized carbons (Fsp3) is 0.533. The van der Waals surface area contributed by atoms with Crippen molar-refractivity contribution in [3.05, 3.63) is 35.4 Å². The second-order valence-corrected chi connectivity index (χ2v) is 5.17. The second-order valence-electron chi connectivity index (χ2n) is 5.17. The molecule has 0 spiro atoms. The van der Waals surface area contributed by atoms with Crippen LogP contribution in [0.15, 0.2) is 24.3 Å². The van der Waals surface area contributed by atoms with Crippen molar-refractivity contribution in [3.8, 4) is 0 Å². The van der Waals surface area contributed by atoms with E-state index in [0.717, 1.165) is 25.2 Å². The lowest BCUT2D eigenvalue weighted by atomic mass is 10.1. The van der Waals surface area contributed by atoms with E-state index in [-0.39, 0.29) is 0 Å². The highest BCUT2D eigenvalue weighted by molar-refractivity contribution is 6.00. The Hall–Kier alpha value is -1.35. The van der Waals surface area contributed by atoms with E-state index in [1.807, 2.05) is 6.07 Å². The van der Waals surface area contributed by atoms with Crippen molar-refractivity contribution in [1.29, 1.82) is 5.41 Å². The van der Waals surface area contributed by atoms with Crippen LogP contribution in [0.2, 0.25) is 0 Å². The monoisotopic (exact) mass is 245 g/mol. The molecule has 0 aliphatic carbocycles. The molecule has 0 saturated heterocycles. The van der Waals surface area contributed by atoms with Gasteiger partial charge >= 0.3 is 0 Å². The smallest absolute Gasteiger partial charge is 0.128 e. The molecule has 2 rings (SSSR count). The number of amidine groups is 1. The molecule has 1 aliphatic heterocycles. The minimum absolute atomic E-state index is 0.615. The summed E-state index contributed by atoms with van der Waals surface area (Å²) in [5.41, 5.74) is 2.39. The molecule has 0 radical (unpaired) electrons. The molecule has 3 heteroatoms. The summed E-state index contributed by atoms with van der Waals surface area (Å²) >= 11 is 0. The summed E-state index contributed by atoms with van der Waals surface area (Å²) in [5, 5.41) is 8.19. The molecule has 18 heavy (non-hydrogen) atoms. The van der Waals surface area contributed by atoms with Gasteiger partial charge < -0.3 is 9.80 Å². The van der Waals surface area contributed by atoms with Gasteiger partial charge in [0, 0.05) is 31.2 Å². The maximum absolute atomic E-state index is 8.19. The molecule has 0 aromatic heterocycles. The van der Waals surface area contributed by atoms with Crippen LogP contribution in [-0.4, -0.2) is 41.8 Å². The van der Waals surface area contributed by atoms with E-state index in [1.54, 1.807) is 0 Å².